The minimum absolute atomic E-state index is 0. The van der Waals surface area contributed by atoms with Gasteiger partial charge in [-0.25, -0.2) is 0 Å². The van der Waals surface area contributed by atoms with Gasteiger partial charge in [0.2, 0.25) is 0 Å². The summed E-state index contributed by atoms with van der Waals surface area (Å²) < 4.78 is 10.5. The van der Waals surface area contributed by atoms with Crippen LogP contribution in [0.2, 0.25) is 0 Å². The van der Waals surface area contributed by atoms with Gasteiger partial charge in [0.15, 0.2) is 0 Å². The smallest absolute Gasteiger partial charge is 0.254 e. The van der Waals surface area contributed by atoms with Gasteiger partial charge in [-0.15, -0.1) is 12.4 Å². The number of benzene rings is 1. The number of nitrogens with two attached hydrogens (primary N) is 1. The summed E-state index contributed by atoms with van der Waals surface area (Å²) in [6.45, 7) is 3.59. The third-order valence-electron chi connectivity index (χ3n) is 3.17. The molecule has 0 aliphatic carbocycles. The molecule has 1 aromatic carbocycles. The van der Waals surface area contributed by atoms with Gasteiger partial charge in [0, 0.05) is 45.3 Å². The first-order valence-corrected chi connectivity index (χ1v) is 6.79. The van der Waals surface area contributed by atoms with E-state index in [0.29, 0.717) is 31.1 Å². The number of carbonyl (C=O) groups is 1. The minimum atomic E-state index is -0.0507. The van der Waals surface area contributed by atoms with Crippen LogP contribution in [0.3, 0.4) is 0 Å². The van der Waals surface area contributed by atoms with Gasteiger partial charge in [0.05, 0.1) is 6.61 Å². The molecule has 1 atom stereocenters. The highest BCUT2D eigenvalue weighted by molar-refractivity contribution is 5.94. The van der Waals surface area contributed by atoms with Crippen molar-refractivity contribution in [3.8, 4) is 5.75 Å². The van der Waals surface area contributed by atoms with Crippen molar-refractivity contribution in [3.05, 3.63) is 29.8 Å². The molecule has 120 valence electrons. The number of likely N-dealkylation sites (N-methyl/N-ethyl adjacent to an activating group) is 1. The van der Waals surface area contributed by atoms with Crippen molar-refractivity contribution in [2.45, 2.75) is 19.4 Å². The van der Waals surface area contributed by atoms with Crippen molar-refractivity contribution in [2.75, 3.05) is 33.9 Å². The summed E-state index contributed by atoms with van der Waals surface area (Å²) in [6.07, 6.45) is 0.818. The Kier molecular flexibility index (Phi) is 9.78. The number of carbonyl (C=O) groups excluding carboxylic acids is 1. The number of rotatable bonds is 8. The predicted molar refractivity (Wildman–Crippen MR) is 86.3 cm³/mol. The summed E-state index contributed by atoms with van der Waals surface area (Å²) in [5, 5.41) is 0. The van der Waals surface area contributed by atoms with Crippen LogP contribution in [0.1, 0.15) is 23.7 Å². The van der Waals surface area contributed by atoms with Crippen molar-refractivity contribution < 1.29 is 14.3 Å². The van der Waals surface area contributed by atoms with Crippen molar-refractivity contribution in [3.63, 3.8) is 0 Å². The first-order valence-electron chi connectivity index (χ1n) is 6.79. The fourth-order valence-corrected chi connectivity index (χ4v) is 1.67. The van der Waals surface area contributed by atoms with Gasteiger partial charge in [-0.05, 0) is 25.1 Å². The van der Waals surface area contributed by atoms with Crippen LogP contribution in [-0.4, -0.2) is 50.8 Å². The second-order valence-electron chi connectivity index (χ2n) is 4.72. The molecule has 6 heteroatoms. The first kappa shape index (κ1) is 19.7. The van der Waals surface area contributed by atoms with Crippen LogP contribution in [0.4, 0.5) is 0 Å². The predicted octanol–water partition coefficient (Wildman–Crippen LogP) is 1.94. The summed E-state index contributed by atoms with van der Waals surface area (Å²) in [7, 11) is 3.42. The monoisotopic (exact) mass is 316 g/mol. The van der Waals surface area contributed by atoms with Gasteiger partial charge < -0.3 is 20.1 Å². The van der Waals surface area contributed by atoms with Crippen LogP contribution in [0.25, 0.3) is 0 Å². The van der Waals surface area contributed by atoms with E-state index in [1.807, 2.05) is 19.1 Å². The van der Waals surface area contributed by atoms with E-state index >= 15 is 0 Å². The fraction of sp³-hybridized carbons (Fsp3) is 0.533. The van der Waals surface area contributed by atoms with Gasteiger partial charge in [-0.1, -0.05) is 6.07 Å². The average molecular weight is 317 g/mol. The minimum Gasteiger partial charge on any atom is -0.493 e. The Morgan fingerprint density at radius 3 is 2.71 bits per heavy atom. The maximum atomic E-state index is 12.3. The maximum absolute atomic E-state index is 12.3. The number of nitrogens with zero attached hydrogens (tertiary/aromatic N) is 1. The molecular weight excluding hydrogens is 292 g/mol. The second-order valence-corrected chi connectivity index (χ2v) is 4.72. The molecule has 0 fully saturated rings. The van der Waals surface area contributed by atoms with E-state index in [0.717, 1.165) is 6.42 Å². The highest BCUT2D eigenvalue weighted by Crippen LogP contribution is 2.15. The zero-order valence-electron chi connectivity index (χ0n) is 12.9. The van der Waals surface area contributed by atoms with E-state index in [2.05, 4.69) is 0 Å². The Morgan fingerprint density at radius 1 is 1.38 bits per heavy atom. The Balaban J connectivity index is 0.00000400. The molecule has 0 aliphatic rings. The molecule has 0 aliphatic heterocycles. The van der Waals surface area contributed by atoms with Crippen molar-refractivity contribution in [1.29, 1.82) is 0 Å². The van der Waals surface area contributed by atoms with Crippen molar-refractivity contribution in [2.24, 2.45) is 5.73 Å². The molecule has 1 amide bonds. The molecule has 1 aromatic rings. The van der Waals surface area contributed by atoms with Crippen molar-refractivity contribution >= 4 is 18.3 Å². The Hall–Kier alpha value is -1.30. The zero-order chi connectivity index (χ0) is 15.0. The van der Waals surface area contributed by atoms with Crippen LogP contribution in [0, 0.1) is 0 Å². The fourth-order valence-electron chi connectivity index (χ4n) is 1.67. The SMILES string of the molecule is COCCCOc1cccc(C(=O)N(C)C(C)CN)c1.Cl. The summed E-state index contributed by atoms with van der Waals surface area (Å²) in [5.74, 6) is 0.644. The molecule has 0 saturated heterocycles. The number of halogens is 1. The molecular formula is C15H25ClN2O3. The van der Waals surface area contributed by atoms with Crippen LogP contribution in [-0.2, 0) is 4.74 Å². The third-order valence-corrected chi connectivity index (χ3v) is 3.17. The van der Waals surface area contributed by atoms with E-state index < -0.39 is 0 Å². The van der Waals surface area contributed by atoms with E-state index in [1.54, 1.807) is 31.2 Å². The molecule has 21 heavy (non-hydrogen) atoms. The van der Waals surface area contributed by atoms with Gasteiger partial charge >= 0.3 is 0 Å². The van der Waals surface area contributed by atoms with Gasteiger partial charge in [-0.3, -0.25) is 4.79 Å². The molecule has 0 heterocycles. The molecule has 5 nitrogen and oxygen atoms in total. The van der Waals surface area contributed by atoms with Gasteiger partial charge in [0.25, 0.3) is 5.91 Å². The van der Waals surface area contributed by atoms with E-state index in [9.17, 15) is 4.79 Å². The molecule has 2 N–H and O–H groups in total. The summed E-state index contributed by atoms with van der Waals surface area (Å²) >= 11 is 0. The topological polar surface area (TPSA) is 64.8 Å². The van der Waals surface area contributed by atoms with Crippen LogP contribution in [0.5, 0.6) is 5.75 Å². The van der Waals surface area contributed by atoms with E-state index in [1.165, 1.54) is 0 Å². The molecule has 0 saturated carbocycles. The highest BCUT2D eigenvalue weighted by Gasteiger charge is 2.16. The van der Waals surface area contributed by atoms with Gasteiger partial charge in [-0.2, -0.15) is 0 Å². The van der Waals surface area contributed by atoms with E-state index in [4.69, 9.17) is 15.2 Å². The summed E-state index contributed by atoms with van der Waals surface area (Å²) in [4.78, 5) is 13.9. The Bertz CT molecular complexity index is 429. The number of methoxy groups -OCH3 is 1. The number of ether oxygens (including phenoxy) is 2. The first-order chi connectivity index (χ1) is 9.60. The molecule has 1 unspecified atom stereocenters. The van der Waals surface area contributed by atoms with Crippen LogP contribution in [0.15, 0.2) is 24.3 Å². The lowest BCUT2D eigenvalue weighted by atomic mass is 10.1. The second kappa shape index (κ2) is 10.4. The molecule has 1 rings (SSSR count). The molecule has 0 bridgehead atoms. The molecule has 0 spiro atoms. The summed E-state index contributed by atoms with van der Waals surface area (Å²) in [5.41, 5.74) is 6.19. The summed E-state index contributed by atoms with van der Waals surface area (Å²) in [6, 6.07) is 7.21. The standard InChI is InChI=1S/C15H24N2O3.ClH/c1-12(11-16)17(2)15(18)13-6-4-7-14(10-13)20-9-5-8-19-3;/h4,6-7,10,12H,5,8-9,11,16H2,1-3H3;1H. The third kappa shape index (κ3) is 6.33. The lowest BCUT2D eigenvalue weighted by Crippen LogP contribution is -2.39. The number of amides is 1. The normalized spacial score (nSPS) is 11.4. The molecule has 0 radical (unpaired) electrons. The van der Waals surface area contributed by atoms with E-state index in [-0.39, 0.29) is 24.4 Å². The average Bonchev–Trinajstić information content (AvgIpc) is 2.49. The number of hydrogen-bond acceptors (Lipinski definition) is 4. The Labute approximate surface area is 132 Å². The van der Waals surface area contributed by atoms with Crippen LogP contribution >= 0.6 is 12.4 Å². The van der Waals surface area contributed by atoms with Crippen LogP contribution < -0.4 is 10.5 Å². The molecule has 0 aromatic heterocycles. The van der Waals surface area contributed by atoms with Crippen molar-refractivity contribution in [1.82, 2.24) is 4.90 Å². The Morgan fingerprint density at radius 2 is 2.10 bits per heavy atom. The lowest BCUT2D eigenvalue weighted by Gasteiger charge is -2.23. The number of hydrogen-bond donors (Lipinski definition) is 1. The maximum Gasteiger partial charge on any atom is 0.254 e. The largest absolute Gasteiger partial charge is 0.493 e. The highest BCUT2D eigenvalue weighted by atomic mass is 35.5. The zero-order valence-corrected chi connectivity index (χ0v) is 13.7. The quantitative estimate of drug-likeness (QED) is 0.744. The van der Waals surface area contributed by atoms with Gasteiger partial charge in [0.1, 0.15) is 5.75 Å². The lowest BCUT2D eigenvalue weighted by molar-refractivity contribution is 0.0748.